The summed E-state index contributed by atoms with van der Waals surface area (Å²) < 4.78 is 14.8. The van der Waals surface area contributed by atoms with Gasteiger partial charge < -0.3 is 4.57 Å². The first kappa shape index (κ1) is 16.6. The van der Waals surface area contributed by atoms with Gasteiger partial charge in [0.1, 0.15) is 5.82 Å². The topological polar surface area (TPSA) is 78.0 Å². The molecule has 27 heavy (non-hydrogen) atoms. The zero-order chi connectivity index (χ0) is 19.0. The molecule has 0 saturated carbocycles. The minimum atomic E-state index is -0.710. The van der Waals surface area contributed by atoms with Crippen LogP contribution in [0.5, 0.6) is 0 Å². The molecule has 0 bridgehead atoms. The summed E-state index contributed by atoms with van der Waals surface area (Å²) in [6.45, 7) is 0. The highest BCUT2D eigenvalue weighted by Crippen LogP contribution is 2.26. The van der Waals surface area contributed by atoms with E-state index in [9.17, 15) is 19.3 Å². The van der Waals surface area contributed by atoms with Crippen LogP contribution in [-0.2, 0) is 0 Å². The number of rotatable bonds is 3. The molecule has 132 valence electrons. The fourth-order valence-electron chi connectivity index (χ4n) is 2.98. The maximum Gasteiger partial charge on any atom is 0.333 e. The fourth-order valence-corrected chi connectivity index (χ4v) is 2.98. The van der Waals surface area contributed by atoms with Gasteiger partial charge >= 0.3 is 5.69 Å². The number of fused-ring (bicyclic) bond motifs is 1. The second-order valence-corrected chi connectivity index (χ2v) is 5.91. The highest BCUT2D eigenvalue weighted by molar-refractivity contribution is 5.87. The number of nitrogens with zero attached hydrogens (tertiary/aromatic N) is 3. The van der Waals surface area contributed by atoms with E-state index in [-0.39, 0.29) is 5.39 Å². The summed E-state index contributed by atoms with van der Waals surface area (Å²) in [6.07, 6.45) is 4.49. The van der Waals surface area contributed by atoms with Crippen LogP contribution in [0, 0.1) is 15.9 Å². The molecule has 4 aromatic rings. The van der Waals surface area contributed by atoms with E-state index < -0.39 is 21.9 Å². The van der Waals surface area contributed by atoms with Crippen molar-refractivity contribution in [2.75, 3.05) is 0 Å². The Bertz CT molecular complexity index is 1220. The smallest absolute Gasteiger partial charge is 0.310 e. The van der Waals surface area contributed by atoms with Crippen molar-refractivity contribution in [2.24, 2.45) is 0 Å². The predicted octanol–water partition coefficient (Wildman–Crippen LogP) is 4.10. The Morgan fingerprint density at radius 3 is 2.33 bits per heavy atom. The predicted molar refractivity (Wildman–Crippen MR) is 99.4 cm³/mol. The van der Waals surface area contributed by atoms with Crippen LogP contribution in [0.2, 0.25) is 0 Å². The maximum absolute atomic E-state index is 13.3. The molecule has 2 heterocycles. The van der Waals surface area contributed by atoms with Crippen molar-refractivity contribution in [3.05, 3.63) is 99.3 Å². The first-order valence-electron chi connectivity index (χ1n) is 8.05. The molecule has 0 aliphatic carbocycles. The number of benzene rings is 2. The summed E-state index contributed by atoms with van der Waals surface area (Å²) in [5.41, 5.74) is 1.53. The van der Waals surface area contributed by atoms with Crippen molar-refractivity contribution in [1.82, 2.24) is 9.55 Å². The van der Waals surface area contributed by atoms with Crippen molar-refractivity contribution in [3.8, 4) is 16.8 Å². The Morgan fingerprint density at radius 2 is 1.67 bits per heavy atom. The number of nitro groups is 1. The Labute approximate surface area is 152 Å². The van der Waals surface area contributed by atoms with Gasteiger partial charge in [0.15, 0.2) is 0 Å². The van der Waals surface area contributed by atoms with Crippen molar-refractivity contribution >= 4 is 16.6 Å². The van der Waals surface area contributed by atoms with Crippen LogP contribution in [0.15, 0.2) is 78.0 Å². The third-order valence-corrected chi connectivity index (χ3v) is 4.30. The Balaban J connectivity index is 2.06. The van der Waals surface area contributed by atoms with Crippen molar-refractivity contribution in [2.45, 2.75) is 0 Å². The first-order valence-corrected chi connectivity index (χ1v) is 8.05. The van der Waals surface area contributed by atoms with Crippen LogP contribution in [0.25, 0.3) is 27.7 Å². The molecule has 6 nitrogen and oxygen atoms in total. The third kappa shape index (κ3) is 2.95. The number of pyridine rings is 2. The highest BCUT2D eigenvalue weighted by atomic mass is 19.1. The van der Waals surface area contributed by atoms with Gasteiger partial charge in [-0.2, -0.15) is 0 Å². The van der Waals surface area contributed by atoms with Gasteiger partial charge in [-0.15, -0.1) is 0 Å². The number of halogens is 1. The quantitative estimate of drug-likeness (QED) is 0.406. The number of aromatic nitrogens is 2. The van der Waals surface area contributed by atoms with E-state index in [0.29, 0.717) is 11.2 Å². The molecular weight excluding hydrogens is 349 g/mol. The van der Waals surface area contributed by atoms with E-state index in [4.69, 9.17) is 0 Å². The molecule has 4 rings (SSSR count). The second kappa shape index (κ2) is 6.45. The minimum Gasteiger partial charge on any atom is -0.310 e. The average Bonchev–Trinajstić information content (AvgIpc) is 2.69. The van der Waals surface area contributed by atoms with Crippen LogP contribution >= 0.6 is 0 Å². The largest absolute Gasteiger partial charge is 0.333 e. The molecule has 2 aromatic carbocycles. The number of hydrogen-bond acceptors (Lipinski definition) is 4. The van der Waals surface area contributed by atoms with E-state index in [0.717, 1.165) is 11.1 Å². The number of hydrogen-bond donors (Lipinski definition) is 0. The average molecular weight is 361 g/mol. The monoisotopic (exact) mass is 361 g/mol. The summed E-state index contributed by atoms with van der Waals surface area (Å²) in [5.74, 6) is -0.420. The van der Waals surface area contributed by atoms with Gasteiger partial charge in [0.25, 0.3) is 5.43 Å². The molecular formula is C20H12FN3O3. The van der Waals surface area contributed by atoms with Gasteiger partial charge in [0.2, 0.25) is 0 Å². The maximum atomic E-state index is 13.3. The molecule has 0 fully saturated rings. The molecule has 0 spiro atoms. The summed E-state index contributed by atoms with van der Waals surface area (Å²) >= 11 is 0. The van der Waals surface area contributed by atoms with Crippen LogP contribution in [0.3, 0.4) is 0 Å². The van der Waals surface area contributed by atoms with Crippen LogP contribution < -0.4 is 5.43 Å². The molecule has 0 saturated heterocycles. The standard InChI is InChI=1S/C20H12FN3O3/c21-15-2-4-16(5-3-15)23-12-19(24(26)27)20(25)17-6-1-14(11-18(17)23)13-7-9-22-10-8-13/h1-12H. The normalized spacial score (nSPS) is 10.9. The van der Waals surface area contributed by atoms with Crippen LogP contribution in [0.4, 0.5) is 10.1 Å². The van der Waals surface area contributed by atoms with Gasteiger partial charge in [-0.05, 0) is 59.7 Å². The summed E-state index contributed by atoms with van der Waals surface area (Å²) in [7, 11) is 0. The zero-order valence-electron chi connectivity index (χ0n) is 13.9. The lowest BCUT2D eigenvalue weighted by atomic mass is 10.0. The third-order valence-electron chi connectivity index (χ3n) is 4.30. The highest BCUT2D eigenvalue weighted by Gasteiger charge is 2.19. The Hall–Kier alpha value is -3.87. The van der Waals surface area contributed by atoms with Gasteiger partial charge in [-0.3, -0.25) is 19.9 Å². The molecule has 0 N–H and O–H groups in total. The lowest BCUT2D eigenvalue weighted by Crippen LogP contribution is -2.13. The summed E-state index contributed by atoms with van der Waals surface area (Å²) in [4.78, 5) is 27.1. The van der Waals surface area contributed by atoms with E-state index in [2.05, 4.69) is 4.98 Å². The van der Waals surface area contributed by atoms with E-state index in [1.807, 2.05) is 12.1 Å². The van der Waals surface area contributed by atoms with Crippen molar-refractivity contribution in [1.29, 1.82) is 0 Å². The van der Waals surface area contributed by atoms with Gasteiger partial charge in [-0.1, -0.05) is 6.07 Å². The Kier molecular flexibility index (Phi) is 3.97. The second-order valence-electron chi connectivity index (χ2n) is 5.91. The Morgan fingerprint density at radius 1 is 0.963 bits per heavy atom. The van der Waals surface area contributed by atoms with Crippen molar-refractivity contribution in [3.63, 3.8) is 0 Å². The molecule has 2 aromatic heterocycles. The molecule has 0 radical (unpaired) electrons. The molecule has 0 atom stereocenters. The lowest BCUT2D eigenvalue weighted by Gasteiger charge is -2.12. The SMILES string of the molecule is O=c1c([N+](=O)[O-])cn(-c2ccc(F)cc2)c2cc(-c3ccncc3)ccc12. The van der Waals surface area contributed by atoms with Gasteiger partial charge in [-0.25, -0.2) is 4.39 Å². The molecule has 0 unspecified atom stereocenters. The summed E-state index contributed by atoms with van der Waals surface area (Å²) in [6, 6.07) is 14.3. The minimum absolute atomic E-state index is 0.214. The van der Waals surface area contributed by atoms with E-state index >= 15 is 0 Å². The molecule has 0 amide bonds. The molecule has 7 heteroatoms. The van der Waals surface area contributed by atoms with Gasteiger partial charge in [0, 0.05) is 18.1 Å². The van der Waals surface area contributed by atoms with E-state index in [1.165, 1.54) is 35.0 Å². The van der Waals surface area contributed by atoms with E-state index in [1.54, 1.807) is 30.6 Å². The zero-order valence-corrected chi connectivity index (χ0v) is 13.9. The molecule has 0 aliphatic heterocycles. The van der Waals surface area contributed by atoms with Crippen LogP contribution in [0.1, 0.15) is 0 Å². The summed E-state index contributed by atoms with van der Waals surface area (Å²) in [5, 5.41) is 11.5. The van der Waals surface area contributed by atoms with Gasteiger partial charge in [0.05, 0.1) is 22.0 Å². The van der Waals surface area contributed by atoms with Crippen LogP contribution in [-0.4, -0.2) is 14.5 Å². The molecule has 0 aliphatic rings. The first-order chi connectivity index (χ1) is 13.0. The van der Waals surface area contributed by atoms with Crippen molar-refractivity contribution < 1.29 is 9.31 Å². The fraction of sp³-hybridized carbons (Fsp3) is 0. The lowest BCUT2D eigenvalue weighted by molar-refractivity contribution is -0.386.